The van der Waals surface area contributed by atoms with Gasteiger partial charge in [-0.1, -0.05) is 73.5 Å². The van der Waals surface area contributed by atoms with Crippen molar-refractivity contribution < 1.29 is 0 Å². The van der Waals surface area contributed by atoms with E-state index in [0.717, 1.165) is 19.0 Å². The lowest BCUT2D eigenvalue weighted by molar-refractivity contribution is 0.222. The number of nitrogens with zero attached hydrogens (tertiary/aromatic N) is 2. The van der Waals surface area contributed by atoms with Crippen LogP contribution in [0.5, 0.6) is 0 Å². The number of rotatable bonds is 8. The van der Waals surface area contributed by atoms with Gasteiger partial charge >= 0.3 is 0 Å². The zero-order chi connectivity index (χ0) is 18.4. The normalized spacial score (nSPS) is 16.7. The van der Waals surface area contributed by atoms with Crippen LogP contribution in [-0.2, 0) is 0 Å². The zero-order valence-corrected chi connectivity index (χ0v) is 17.4. The van der Waals surface area contributed by atoms with Crippen molar-refractivity contribution in [2.75, 3.05) is 34.2 Å². The standard InChI is InChI=1S/C23H33N2P/c1-24(2)18-19-25(3)23(20-12-10-11-13-20)26(21-14-6-4-7-15-21)22-16-8-5-9-17-22/h4-9,14-17,20,23H,10-13,18-19H2,1-3H3. The molecule has 0 saturated heterocycles. The predicted octanol–water partition coefficient (Wildman–Crippen LogP) is 4.13. The first-order valence-electron chi connectivity index (χ1n) is 9.91. The van der Waals surface area contributed by atoms with E-state index in [0.29, 0.717) is 5.78 Å². The molecule has 0 aliphatic heterocycles. The molecule has 0 N–H and O–H groups in total. The van der Waals surface area contributed by atoms with Gasteiger partial charge in [-0.25, -0.2) is 0 Å². The fourth-order valence-electron chi connectivity index (χ4n) is 4.15. The summed E-state index contributed by atoms with van der Waals surface area (Å²) in [5, 5.41) is 3.03. The largest absolute Gasteiger partial charge is 0.308 e. The fourth-order valence-corrected chi connectivity index (χ4v) is 7.27. The molecule has 26 heavy (non-hydrogen) atoms. The van der Waals surface area contributed by atoms with Crippen molar-refractivity contribution in [3.05, 3.63) is 60.7 Å². The first kappa shape index (κ1) is 19.5. The maximum Gasteiger partial charge on any atom is 0.0404 e. The van der Waals surface area contributed by atoms with E-state index in [4.69, 9.17) is 0 Å². The van der Waals surface area contributed by atoms with Crippen LogP contribution in [0.25, 0.3) is 0 Å². The fraction of sp³-hybridized carbons (Fsp3) is 0.478. The quantitative estimate of drug-likeness (QED) is 0.647. The van der Waals surface area contributed by atoms with E-state index >= 15 is 0 Å². The smallest absolute Gasteiger partial charge is 0.0404 e. The van der Waals surface area contributed by atoms with Crippen LogP contribution in [0.4, 0.5) is 0 Å². The van der Waals surface area contributed by atoms with E-state index in [9.17, 15) is 0 Å². The van der Waals surface area contributed by atoms with Gasteiger partial charge in [-0.3, -0.25) is 4.90 Å². The van der Waals surface area contributed by atoms with E-state index < -0.39 is 0 Å². The van der Waals surface area contributed by atoms with Gasteiger partial charge in [0.1, 0.15) is 0 Å². The third kappa shape index (κ3) is 4.94. The van der Waals surface area contributed by atoms with Crippen LogP contribution in [-0.4, -0.2) is 49.8 Å². The molecule has 1 saturated carbocycles. The van der Waals surface area contributed by atoms with Crippen molar-refractivity contribution in [1.29, 1.82) is 0 Å². The van der Waals surface area contributed by atoms with Gasteiger partial charge < -0.3 is 4.90 Å². The van der Waals surface area contributed by atoms with Gasteiger partial charge in [-0.15, -0.1) is 0 Å². The Hall–Kier alpha value is -1.21. The molecule has 0 radical (unpaired) electrons. The Balaban J connectivity index is 1.97. The summed E-state index contributed by atoms with van der Waals surface area (Å²) in [5.74, 6) is 1.44. The Morgan fingerprint density at radius 3 is 1.77 bits per heavy atom. The molecule has 0 amide bonds. The van der Waals surface area contributed by atoms with Crippen LogP contribution in [0.1, 0.15) is 25.7 Å². The van der Waals surface area contributed by atoms with E-state index in [1.807, 2.05) is 0 Å². The third-order valence-corrected chi connectivity index (χ3v) is 8.56. The van der Waals surface area contributed by atoms with Gasteiger partial charge in [0.25, 0.3) is 0 Å². The summed E-state index contributed by atoms with van der Waals surface area (Å²) < 4.78 is 0. The molecule has 0 bridgehead atoms. The lowest BCUT2D eigenvalue weighted by Crippen LogP contribution is -2.43. The highest BCUT2D eigenvalue weighted by Crippen LogP contribution is 2.48. The number of hydrogen-bond acceptors (Lipinski definition) is 2. The summed E-state index contributed by atoms with van der Waals surface area (Å²) in [4.78, 5) is 4.97. The molecule has 140 valence electrons. The monoisotopic (exact) mass is 368 g/mol. The first-order valence-corrected chi connectivity index (χ1v) is 11.3. The van der Waals surface area contributed by atoms with Crippen molar-refractivity contribution in [3.63, 3.8) is 0 Å². The molecule has 2 nitrogen and oxygen atoms in total. The van der Waals surface area contributed by atoms with Crippen LogP contribution in [0, 0.1) is 5.92 Å². The second-order valence-corrected chi connectivity index (χ2v) is 10.1. The molecule has 2 aromatic carbocycles. The Morgan fingerprint density at radius 2 is 1.31 bits per heavy atom. The van der Waals surface area contributed by atoms with E-state index in [1.165, 1.54) is 36.3 Å². The van der Waals surface area contributed by atoms with Crippen molar-refractivity contribution in [1.82, 2.24) is 9.80 Å². The minimum absolute atomic E-state index is 0.388. The molecular formula is C23H33N2P. The highest BCUT2D eigenvalue weighted by molar-refractivity contribution is 7.73. The Bertz CT molecular complexity index is 598. The van der Waals surface area contributed by atoms with E-state index in [-0.39, 0.29) is 7.92 Å². The Morgan fingerprint density at radius 1 is 0.808 bits per heavy atom. The van der Waals surface area contributed by atoms with Gasteiger partial charge in [0, 0.05) is 18.9 Å². The zero-order valence-electron chi connectivity index (χ0n) is 16.5. The van der Waals surface area contributed by atoms with Crippen LogP contribution in [0.15, 0.2) is 60.7 Å². The molecule has 0 aromatic heterocycles. The third-order valence-electron chi connectivity index (χ3n) is 5.51. The van der Waals surface area contributed by atoms with Crippen molar-refractivity contribution >= 4 is 18.5 Å². The lowest BCUT2D eigenvalue weighted by atomic mass is 10.1. The minimum Gasteiger partial charge on any atom is -0.308 e. The number of benzene rings is 2. The summed E-state index contributed by atoms with van der Waals surface area (Å²) in [6.45, 7) is 2.25. The van der Waals surface area contributed by atoms with Crippen LogP contribution >= 0.6 is 7.92 Å². The van der Waals surface area contributed by atoms with Gasteiger partial charge in [0.05, 0.1) is 0 Å². The van der Waals surface area contributed by atoms with Gasteiger partial charge in [-0.05, 0) is 58.4 Å². The van der Waals surface area contributed by atoms with E-state index in [2.05, 4.69) is 91.6 Å². The van der Waals surface area contributed by atoms with Crippen LogP contribution in [0.2, 0.25) is 0 Å². The van der Waals surface area contributed by atoms with Crippen LogP contribution < -0.4 is 10.6 Å². The lowest BCUT2D eigenvalue weighted by Gasteiger charge is -2.40. The van der Waals surface area contributed by atoms with Gasteiger partial charge in [0.15, 0.2) is 0 Å². The molecule has 3 heteroatoms. The number of hydrogen-bond donors (Lipinski definition) is 0. The second-order valence-electron chi connectivity index (χ2n) is 7.78. The molecule has 1 aliphatic carbocycles. The maximum atomic E-state index is 2.67. The molecular weight excluding hydrogens is 335 g/mol. The highest BCUT2D eigenvalue weighted by atomic mass is 31.1. The average molecular weight is 369 g/mol. The minimum atomic E-state index is -0.388. The molecule has 0 spiro atoms. The van der Waals surface area contributed by atoms with Gasteiger partial charge in [-0.2, -0.15) is 0 Å². The predicted molar refractivity (Wildman–Crippen MR) is 116 cm³/mol. The van der Waals surface area contributed by atoms with Crippen molar-refractivity contribution in [2.45, 2.75) is 31.5 Å². The molecule has 1 atom stereocenters. The van der Waals surface area contributed by atoms with E-state index in [1.54, 1.807) is 0 Å². The second kappa shape index (κ2) is 9.65. The molecule has 2 aromatic rings. The maximum absolute atomic E-state index is 2.67. The molecule has 3 rings (SSSR count). The topological polar surface area (TPSA) is 6.48 Å². The Labute approximate surface area is 161 Å². The molecule has 1 aliphatic rings. The summed E-state index contributed by atoms with van der Waals surface area (Å²) in [5.41, 5.74) is 0. The Kier molecular flexibility index (Phi) is 7.25. The summed E-state index contributed by atoms with van der Waals surface area (Å²) in [7, 11) is 6.32. The molecule has 1 unspecified atom stereocenters. The molecule has 1 fully saturated rings. The highest BCUT2D eigenvalue weighted by Gasteiger charge is 2.35. The number of likely N-dealkylation sites (N-methyl/N-ethyl adjacent to an activating group) is 2. The first-order chi connectivity index (χ1) is 12.7. The van der Waals surface area contributed by atoms with Crippen LogP contribution in [0.3, 0.4) is 0 Å². The average Bonchev–Trinajstić information content (AvgIpc) is 3.19. The SMILES string of the molecule is CN(C)CCN(C)C(C1CCCC1)P(c1ccccc1)c1ccccc1. The summed E-state index contributed by atoms with van der Waals surface area (Å²) >= 11 is 0. The van der Waals surface area contributed by atoms with Crippen molar-refractivity contribution in [3.8, 4) is 0 Å². The van der Waals surface area contributed by atoms with Crippen molar-refractivity contribution in [2.24, 2.45) is 5.92 Å². The van der Waals surface area contributed by atoms with Gasteiger partial charge in [0.2, 0.25) is 0 Å². The summed E-state index contributed by atoms with van der Waals surface area (Å²) in [6.07, 6.45) is 5.57. The molecule has 0 heterocycles. The summed E-state index contributed by atoms with van der Waals surface area (Å²) in [6, 6.07) is 22.5.